The van der Waals surface area contributed by atoms with Gasteiger partial charge < -0.3 is 14.7 Å². The third-order valence-corrected chi connectivity index (χ3v) is 6.15. The summed E-state index contributed by atoms with van der Waals surface area (Å²) in [6, 6.07) is 10.4. The van der Waals surface area contributed by atoms with Crippen LogP contribution in [0.3, 0.4) is 0 Å². The fraction of sp³-hybridized carbons (Fsp3) is 0.435. The number of halogens is 3. The zero-order valence-corrected chi connectivity index (χ0v) is 16.5. The van der Waals surface area contributed by atoms with Crippen molar-refractivity contribution >= 4 is 6.09 Å². The van der Waals surface area contributed by atoms with E-state index in [0.29, 0.717) is 12.8 Å². The average Bonchev–Trinajstić information content (AvgIpc) is 2.72. The van der Waals surface area contributed by atoms with Crippen molar-refractivity contribution in [3.8, 4) is 0 Å². The molecule has 4 nitrogen and oxygen atoms in total. The number of carbonyl (C=O) groups is 1. The van der Waals surface area contributed by atoms with E-state index in [0.717, 1.165) is 24.1 Å². The molecule has 0 aromatic heterocycles. The lowest BCUT2D eigenvalue weighted by Crippen LogP contribution is -2.60. The molecule has 2 fully saturated rings. The number of rotatable bonds is 4. The maximum Gasteiger partial charge on any atom is 0.410 e. The van der Waals surface area contributed by atoms with Gasteiger partial charge in [-0.3, -0.25) is 0 Å². The van der Waals surface area contributed by atoms with Gasteiger partial charge in [-0.05, 0) is 49.8 Å². The second kappa shape index (κ2) is 8.30. The lowest BCUT2D eigenvalue weighted by Gasteiger charge is -2.51. The van der Waals surface area contributed by atoms with Crippen molar-refractivity contribution in [3.05, 3.63) is 71.0 Å². The highest BCUT2D eigenvalue weighted by Crippen LogP contribution is 2.41. The maximum atomic E-state index is 14.1. The van der Waals surface area contributed by atoms with E-state index in [-0.39, 0.29) is 38.0 Å². The van der Waals surface area contributed by atoms with Gasteiger partial charge in [0.2, 0.25) is 0 Å². The Morgan fingerprint density at radius 2 is 1.67 bits per heavy atom. The summed E-state index contributed by atoms with van der Waals surface area (Å²) in [5.41, 5.74) is -0.987. The van der Waals surface area contributed by atoms with Gasteiger partial charge in [0, 0.05) is 24.1 Å². The summed E-state index contributed by atoms with van der Waals surface area (Å²) >= 11 is 0. The summed E-state index contributed by atoms with van der Waals surface area (Å²) in [6.07, 6.45) is 1.80. The van der Waals surface area contributed by atoms with Crippen LogP contribution in [0.5, 0.6) is 0 Å². The Morgan fingerprint density at radius 3 is 2.33 bits per heavy atom. The second-order valence-corrected chi connectivity index (χ2v) is 8.32. The van der Waals surface area contributed by atoms with Gasteiger partial charge in [0.25, 0.3) is 0 Å². The Balaban J connectivity index is 1.48. The molecule has 4 rings (SSSR count). The number of piperidine rings is 2. The summed E-state index contributed by atoms with van der Waals surface area (Å²) < 4.78 is 47.3. The van der Waals surface area contributed by atoms with E-state index in [1.165, 1.54) is 0 Å². The van der Waals surface area contributed by atoms with Crippen LogP contribution in [-0.2, 0) is 17.8 Å². The molecule has 2 saturated heterocycles. The molecule has 1 amide bonds. The monoisotopic (exact) mass is 419 g/mol. The number of hydrogen-bond donors (Lipinski definition) is 1. The van der Waals surface area contributed by atoms with E-state index in [2.05, 4.69) is 0 Å². The minimum Gasteiger partial charge on any atom is -0.445 e. The van der Waals surface area contributed by atoms with Crippen LogP contribution in [0.25, 0.3) is 0 Å². The molecule has 2 aromatic rings. The van der Waals surface area contributed by atoms with Gasteiger partial charge in [-0.2, -0.15) is 0 Å². The molecule has 7 heteroatoms. The lowest BCUT2D eigenvalue weighted by atomic mass is 9.73. The Hall–Kier alpha value is -2.54. The van der Waals surface area contributed by atoms with Crippen molar-refractivity contribution in [2.45, 2.75) is 62.8 Å². The van der Waals surface area contributed by atoms with Crippen LogP contribution in [0.1, 0.15) is 43.2 Å². The van der Waals surface area contributed by atoms with Gasteiger partial charge in [-0.1, -0.05) is 30.3 Å². The molecule has 2 unspecified atom stereocenters. The molecule has 2 aliphatic rings. The van der Waals surface area contributed by atoms with Crippen LogP contribution < -0.4 is 0 Å². The zero-order valence-electron chi connectivity index (χ0n) is 16.5. The van der Waals surface area contributed by atoms with Crippen LogP contribution in [0.15, 0.2) is 42.5 Å². The van der Waals surface area contributed by atoms with Crippen molar-refractivity contribution in [2.75, 3.05) is 0 Å². The molecular formula is C23H24F3NO3. The molecule has 0 saturated carbocycles. The summed E-state index contributed by atoms with van der Waals surface area (Å²) in [4.78, 5) is 14.4. The number of fused-ring (bicyclic) bond motifs is 2. The molecule has 2 aromatic carbocycles. The number of amides is 1. The number of aliphatic hydroxyl groups is 1. The fourth-order valence-electron chi connectivity index (χ4n) is 4.82. The predicted molar refractivity (Wildman–Crippen MR) is 104 cm³/mol. The summed E-state index contributed by atoms with van der Waals surface area (Å²) in [6.45, 7) is 0.152. The third kappa shape index (κ3) is 4.17. The molecule has 160 valence electrons. The second-order valence-electron chi connectivity index (χ2n) is 8.32. The summed E-state index contributed by atoms with van der Waals surface area (Å²) in [5, 5.41) is 11.1. The molecular weight excluding hydrogens is 395 g/mol. The Labute approximate surface area is 173 Å². The van der Waals surface area contributed by atoms with Crippen LogP contribution in [0, 0.1) is 17.5 Å². The van der Waals surface area contributed by atoms with E-state index >= 15 is 0 Å². The van der Waals surface area contributed by atoms with Crippen LogP contribution in [0.4, 0.5) is 18.0 Å². The Kier molecular flexibility index (Phi) is 5.73. The highest BCUT2D eigenvalue weighted by atomic mass is 19.2. The first-order valence-corrected chi connectivity index (χ1v) is 10.2. The van der Waals surface area contributed by atoms with Gasteiger partial charge >= 0.3 is 6.09 Å². The van der Waals surface area contributed by atoms with Gasteiger partial charge in [-0.15, -0.1) is 0 Å². The van der Waals surface area contributed by atoms with E-state index < -0.39 is 34.7 Å². The zero-order chi connectivity index (χ0) is 21.3. The topological polar surface area (TPSA) is 49.8 Å². The smallest absolute Gasteiger partial charge is 0.410 e. The highest BCUT2D eigenvalue weighted by Gasteiger charge is 2.48. The van der Waals surface area contributed by atoms with Gasteiger partial charge in [0.15, 0.2) is 11.6 Å². The van der Waals surface area contributed by atoms with E-state index in [1.807, 2.05) is 30.3 Å². The number of ether oxygens (including phenoxy) is 1. The predicted octanol–water partition coefficient (Wildman–Crippen LogP) is 4.73. The van der Waals surface area contributed by atoms with Crippen LogP contribution in [0.2, 0.25) is 0 Å². The number of nitrogens with zero attached hydrogens (tertiary/aromatic N) is 1. The molecule has 0 spiro atoms. The maximum absolute atomic E-state index is 14.1. The number of carbonyl (C=O) groups excluding carboxylic acids is 1. The molecule has 2 heterocycles. The van der Waals surface area contributed by atoms with Crippen molar-refractivity contribution < 1.29 is 27.8 Å². The first kappa shape index (κ1) is 20.7. The normalized spacial score (nSPS) is 25.8. The minimum atomic E-state index is -1.42. The number of benzene rings is 2. The first-order chi connectivity index (χ1) is 14.4. The lowest BCUT2D eigenvalue weighted by molar-refractivity contribution is -0.0852. The minimum absolute atomic E-state index is 0.152. The largest absolute Gasteiger partial charge is 0.445 e. The SMILES string of the molecule is O=C(OCc1ccccc1)N1C2CCCC1CC(O)(Cc1c(F)ccc(F)c1F)C2. The van der Waals surface area contributed by atoms with Gasteiger partial charge in [0.1, 0.15) is 12.4 Å². The van der Waals surface area contributed by atoms with Crippen molar-refractivity contribution in [3.63, 3.8) is 0 Å². The molecule has 2 atom stereocenters. The van der Waals surface area contributed by atoms with Crippen LogP contribution in [-0.4, -0.2) is 33.8 Å². The quantitative estimate of drug-likeness (QED) is 0.729. The molecule has 2 aliphatic heterocycles. The van der Waals surface area contributed by atoms with Gasteiger partial charge in [0.05, 0.1) is 5.60 Å². The van der Waals surface area contributed by atoms with Crippen molar-refractivity contribution in [1.29, 1.82) is 0 Å². The summed E-state index contributed by atoms with van der Waals surface area (Å²) in [5.74, 6) is -3.28. The standard InChI is InChI=1S/C23H24F3NO3/c24-19-9-10-20(25)21(26)18(19)13-23(29)11-16-7-4-8-17(12-23)27(16)22(28)30-14-15-5-2-1-3-6-15/h1-3,5-6,9-10,16-17,29H,4,7-8,11-14H2. The van der Waals surface area contributed by atoms with Crippen LogP contribution >= 0.6 is 0 Å². The van der Waals surface area contributed by atoms with Crippen molar-refractivity contribution in [2.24, 2.45) is 0 Å². The highest BCUT2D eigenvalue weighted by molar-refractivity contribution is 5.69. The molecule has 2 bridgehead atoms. The Morgan fingerprint density at radius 1 is 1.03 bits per heavy atom. The average molecular weight is 419 g/mol. The molecule has 30 heavy (non-hydrogen) atoms. The number of hydrogen-bond acceptors (Lipinski definition) is 3. The van der Waals surface area contributed by atoms with Crippen molar-refractivity contribution in [1.82, 2.24) is 4.90 Å². The molecule has 1 N–H and O–H groups in total. The molecule has 0 aliphatic carbocycles. The Bertz CT molecular complexity index is 907. The molecule has 0 radical (unpaired) electrons. The first-order valence-electron chi connectivity index (χ1n) is 10.2. The van der Waals surface area contributed by atoms with E-state index in [1.54, 1.807) is 4.90 Å². The fourth-order valence-corrected chi connectivity index (χ4v) is 4.82. The van der Waals surface area contributed by atoms with E-state index in [9.17, 15) is 23.1 Å². The van der Waals surface area contributed by atoms with E-state index in [4.69, 9.17) is 4.74 Å². The third-order valence-electron chi connectivity index (χ3n) is 6.15. The summed E-state index contributed by atoms with van der Waals surface area (Å²) in [7, 11) is 0. The van der Waals surface area contributed by atoms with Gasteiger partial charge in [-0.25, -0.2) is 18.0 Å².